The highest BCUT2D eigenvalue weighted by Gasteiger charge is 2.31. The summed E-state index contributed by atoms with van der Waals surface area (Å²) in [4.78, 5) is 5.21. The lowest BCUT2D eigenvalue weighted by Crippen LogP contribution is -2.48. The Balaban J connectivity index is 1.86. The number of nitrogens with one attached hydrogen (secondary N) is 1. The molecule has 2 saturated heterocycles. The minimum absolute atomic E-state index is 0.547. The SMILES string of the molecule is CC1CCN(CC2(C)CCN(C)CC2)CCC(C)N1. The quantitative estimate of drug-likeness (QED) is 0.827. The van der Waals surface area contributed by atoms with Gasteiger partial charge in [-0.2, -0.15) is 0 Å². The summed E-state index contributed by atoms with van der Waals surface area (Å²) in [5.74, 6) is 0. The van der Waals surface area contributed by atoms with Gasteiger partial charge in [-0.3, -0.25) is 0 Å². The third-order valence-corrected chi connectivity index (χ3v) is 5.13. The minimum Gasteiger partial charge on any atom is -0.312 e. The van der Waals surface area contributed by atoms with Crippen LogP contribution in [0.3, 0.4) is 0 Å². The fourth-order valence-corrected chi connectivity index (χ4v) is 3.53. The van der Waals surface area contributed by atoms with Crippen molar-refractivity contribution in [3.05, 3.63) is 0 Å². The van der Waals surface area contributed by atoms with Crippen molar-refractivity contribution in [1.82, 2.24) is 15.1 Å². The molecule has 0 aromatic carbocycles. The van der Waals surface area contributed by atoms with Gasteiger partial charge < -0.3 is 15.1 Å². The van der Waals surface area contributed by atoms with E-state index in [0.29, 0.717) is 17.5 Å². The lowest BCUT2D eigenvalue weighted by atomic mass is 9.80. The highest BCUT2D eigenvalue weighted by atomic mass is 15.2. The van der Waals surface area contributed by atoms with E-state index in [1.807, 2.05) is 0 Å². The zero-order valence-electron chi connectivity index (χ0n) is 13.4. The van der Waals surface area contributed by atoms with Crippen molar-refractivity contribution in [3.8, 4) is 0 Å². The average Bonchev–Trinajstić information content (AvgIpc) is 2.35. The summed E-state index contributed by atoms with van der Waals surface area (Å²) >= 11 is 0. The van der Waals surface area contributed by atoms with E-state index in [1.54, 1.807) is 0 Å². The maximum atomic E-state index is 3.69. The molecule has 2 aliphatic heterocycles. The molecule has 0 amide bonds. The normalized spacial score (nSPS) is 34.7. The zero-order chi connectivity index (χ0) is 13.9. The van der Waals surface area contributed by atoms with Crippen molar-refractivity contribution in [3.63, 3.8) is 0 Å². The van der Waals surface area contributed by atoms with Gasteiger partial charge in [0.05, 0.1) is 0 Å². The lowest BCUT2D eigenvalue weighted by molar-refractivity contribution is 0.0787. The topological polar surface area (TPSA) is 18.5 Å². The first-order chi connectivity index (χ1) is 8.97. The minimum atomic E-state index is 0.547. The number of hydrogen-bond donors (Lipinski definition) is 1. The smallest absolute Gasteiger partial charge is 0.00533 e. The first-order valence-corrected chi connectivity index (χ1v) is 8.14. The average molecular weight is 267 g/mol. The summed E-state index contributed by atoms with van der Waals surface area (Å²) in [6, 6.07) is 1.34. The fourth-order valence-electron chi connectivity index (χ4n) is 3.53. The molecule has 0 spiro atoms. The molecular weight excluding hydrogens is 234 g/mol. The number of nitrogens with zero attached hydrogens (tertiary/aromatic N) is 2. The molecule has 2 aliphatic rings. The van der Waals surface area contributed by atoms with Crippen LogP contribution >= 0.6 is 0 Å². The molecule has 3 heteroatoms. The van der Waals surface area contributed by atoms with E-state index in [4.69, 9.17) is 0 Å². The summed E-state index contributed by atoms with van der Waals surface area (Å²) in [7, 11) is 2.25. The van der Waals surface area contributed by atoms with Crippen LogP contribution in [-0.2, 0) is 0 Å². The van der Waals surface area contributed by atoms with Gasteiger partial charge in [-0.15, -0.1) is 0 Å². The Hall–Kier alpha value is -0.120. The van der Waals surface area contributed by atoms with Crippen LogP contribution < -0.4 is 5.32 Å². The van der Waals surface area contributed by atoms with Crippen molar-refractivity contribution in [1.29, 1.82) is 0 Å². The van der Waals surface area contributed by atoms with E-state index in [1.165, 1.54) is 58.4 Å². The van der Waals surface area contributed by atoms with Crippen molar-refractivity contribution >= 4 is 0 Å². The van der Waals surface area contributed by atoms with E-state index < -0.39 is 0 Å². The second kappa shape index (κ2) is 6.55. The fraction of sp³-hybridized carbons (Fsp3) is 1.00. The molecule has 112 valence electrons. The first kappa shape index (κ1) is 15.3. The predicted molar refractivity (Wildman–Crippen MR) is 82.6 cm³/mol. The third-order valence-electron chi connectivity index (χ3n) is 5.13. The zero-order valence-corrected chi connectivity index (χ0v) is 13.4. The summed E-state index contributed by atoms with van der Waals surface area (Å²) in [5, 5.41) is 3.69. The molecule has 2 heterocycles. The van der Waals surface area contributed by atoms with Crippen LogP contribution in [0.2, 0.25) is 0 Å². The van der Waals surface area contributed by atoms with E-state index in [0.717, 1.165) is 0 Å². The van der Waals surface area contributed by atoms with Crippen LogP contribution in [0.4, 0.5) is 0 Å². The van der Waals surface area contributed by atoms with Crippen LogP contribution in [0.15, 0.2) is 0 Å². The second-order valence-electron chi connectivity index (χ2n) is 7.44. The van der Waals surface area contributed by atoms with E-state index in [9.17, 15) is 0 Å². The van der Waals surface area contributed by atoms with Gasteiger partial charge in [0.1, 0.15) is 0 Å². The van der Waals surface area contributed by atoms with Crippen LogP contribution in [0.1, 0.15) is 46.5 Å². The highest BCUT2D eigenvalue weighted by Crippen LogP contribution is 2.31. The van der Waals surface area contributed by atoms with Gasteiger partial charge in [-0.05, 0) is 78.2 Å². The second-order valence-corrected chi connectivity index (χ2v) is 7.44. The summed E-state index contributed by atoms with van der Waals surface area (Å²) in [6.07, 6.45) is 5.31. The molecule has 0 aliphatic carbocycles. The first-order valence-electron chi connectivity index (χ1n) is 8.14. The number of rotatable bonds is 2. The molecule has 0 radical (unpaired) electrons. The van der Waals surface area contributed by atoms with Crippen LogP contribution in [0.5, 0.6) is 0 Å². The van der Waals surface area contributed by atoms with Crippen molar-refractivity contribution < 1.29 is 0 Å². The van der Waals surface area contributed by atoms with Crippen LogP contribution in [-0.4, -0.2) is 61.7 Å². The predicted octanol–water partition coefficient (Wildman–Crippen LogP) is 2.18. The Morgan fingerprint density at radius 1 is 1.00 bits per heavy atom. The number of likely N-dealkylation sites (tertiary alicyclic amines) is 1. The molecule has 19 heavy (non-hydrogen) atoms. The molecule has 2 unspecified atom stereocenters. The molecule has 0 saturated carbocycles. The van der Waals surface area contributed by atoms with E-state index >= 15 is 0 Å². The van der Waals surface area contributed by atoms with Crippen LogP contribution in [0, 0.1) is 5.41 Å². The molecule has 0 aromatic heterocycles. The lowest BCUT2D eigenvalue weighted by Gasteiger charge is -2.42. The van der Waals surface area contributed by atoms with Crippen molar-refractivity contribution in [2.45, 2.75) is 58.5 Å². The molecular formula is C16H33N3. The van der Waals surface area contributed by atoms with Gasteiger partial charge in [0.25, 0.3) is 0 Å². The maximum Gasteiger partial charge on any atom is 0.00533 e. The Bertz CT molecular complexity index is 259. The standard InChI is InChI=1S/C16H33N3/c1-14-5-9-19(10-6-15(2)17-14)13-16(3)7-11-18(4)12-8-16/h14-15,17H,5-13H2,1-4H3. The van der Waals surface area contributed by atoms with E-state index in [2.05, 4.69) is 42.9 Å². The summed E-state index contributed by atoms with van der Waals surface area (Å²) < 4.78 is 0. The monoisotopic (exact) mass is 267 g/mol. The van der Waals surface area contributed by atoms with Gasteiger partial charge in [0.2, 0.25) is 0 Å². The Morgan fingerprint density at radius 2 is 1.53 bits per heavy atom. The molecule has 1 N–H and O–H groups in total. The molecule has 2 rings (SSSR count). The molecule has 3 nitrogen and oxygen atoms in total. The van der Waals surface area contributed by atoms with Gasteiger partial charge >= 0.3 is 0 Å². The van der Waals surface area contributed by atoms with Gasteiger partial charge in [-0.1, -0.05) is 6.92 Å². The Morgan fingerprint density at radius 3 is 2.05 bits per heavy atom. The van der Waals surface area contributed by atoms with Crippen molar-refractivity contribution in [2.75, 3.05) is 39.8 Å². The highest BCUT2D eigenvalue weighted by molar-refractivity contribution is 4.86. The summed E-state index contributed by atoms with van der Waals surface area (Å²) in [6.45, 7) is 13.6. The Labute approximate surface area is 119 Å². The maximum absolute atomic E-state index is 3.69. The third kappa shape index (κ3) is 4.73. The number of hydrogen-bond acceptors (Lipinski definition) is 3. The van der Waals surface area contributed by atoms with Gasteiger partial charge in [0.15, 0.2) is 0 Å². The van der Waals surface area contributed by atoms with E-state index in [-0.39, 0.29) is 0 Å². The van der Waals surface area contributed by atoms with Crippen LogP contribution in [0.25, 0.3) is 0 Å². The van der Waals surface area contributed by atoms with Gasteiger partial charge in [-0.25, -0.2) is 0 Å². The molecule has 2 fully saturated rings. The molecule has 2 atom stereocenters. The number of piperidine rings is 1. The largest absolute Gasteiger partial charge is 0.312 e. The Kier molecular flexibility index (Phi) is 5.27. The summed E-state index contributed by atoms with van der Waals surface area (Å²) in [5.41, 5.74) is 0.547. The molecule has 0 bridgehead atoms. The van der Waals surface area contributed by atoms with Crippen molar-refractivity contribution in [2.24, 2.45) is 5.41 Å². The molecule has 0 aromatic rings. The van der Waals surface area contributed by atoms with Gasteiger partial charge in [0, 0.05) is 18.6 Å².